The second kappa shape index (κ2) is 5.47. The zero-order chi connectivity index (χ0) is 13.3. The van der Waals surface area contributed by atoms with Crippen LogP contribution in [0.25, 0.3) is 0 Å². The monoisotopic (exact) mass is 268 g/mol. The summed E-state index contributed by atoms with van der Waals surface area (Å²) in [5.41, 5.74) is 14.6. The van der Waals surface area contributed by atoms with Gasteiger partial charge in [-0.15, -0.1) is 0 Å². The maximum Gasteiger partial charge on any atom is 0.141 e. The maximum atomic E-state index is 6.39. The minimum absolute atomic E-state index is 0.168. The highest BCUT2D eigenvalue weighted by molar-refractivity contribution is 6.33. The molecule has 100 valence electrons. The molecule has 3 nitrogen and oxygen atoms in total. The van der Waals surface area contributed by atoms with Crippen LogP contribution in [-0.4, -0.2) is 13.2 Å². The third-order valence-electron chi connectivity index (χ3n) is 3.51. The molecule has 1 saturated carbocycles. The highest BCUT2D eigenvalue weighted by Crippen LogP contribution is 2.37. The van der Waals surface area contributed by atoms with Crippen molar-refractivity contribution in [2.45, 2.75) is 32.7 Å². The van der Waals surface area contributed by atoms with E-state index in [4.69, 9.17) is 27.8 Å². The van der Waals surface area contributed by atoms with Crippen molar-refractivity contribution in [3.8, 4) is 5.75 Å². The fraction of sp³-hybridized carbons (Fsp3) is 0.571. The topological polar surface area (TPSA) is 61.3 Å². The van der Waals surface area contributed by atoms with E-state index >= 15 is 0 Å². The van der Waals surface area contributed by atoms with E-state index in [1.54, 1.807) is 0 Å². The zero-order valence-electron chi connectivity index (χ0n) is 11.0. The molecular formula is C14H21ClN2O. The van der Waals surface area contributed by atoms with Crippen LogP contribution in [0.2, 0.25) is 5.02 Å². The van der Waals surface area contributed by atoms with Gasteiger partial charge < -0.3 is 16.2 Å². The maximum absolute atomic E-state index is 6.39. The quantitative estimate of drug-likeness (QED) is 0.863. The lowest BCUT2D eigenvalue weighted by Gasteiger charge is -2.19. The molecule has 4 heteroatoms. The molecule has 0 aromatic heterocycles. The van der Waals surface area contributed by atoms with E-state index in [0.29, 0.717) is 17.5 Å². The molecule has 1 fully saturated rings. The van der Waals surface area contributed by atoms with Crippen molar-refractivity contribution in [2.75, 3.05) is 13.2 Å². The molecule has 0 spiro atoms. The Hall–Kier alpha value is -0.770. The van der Waals surface area contributed by atoms with Gasteiger partial charge in [0.2, 0.25) is 0 Å². The first-order valence-electron chi connectivity index (χ1n) is 6.42. The molecule has 1 unspecified atom stereocenters. The predicted octanol–water partition coefficient (Wildman–Crippen LogP) is 2.70. The number of hydrogen-bond acceptors (Lipinski definition) is 3. The lowest BCUT2D eigenvalue weighted by molar-refractivity contribution is 0.297. The normalized spacial score (nSPS) is 16.7. The first-order valence-corrected chi connectivity index (χ1v) is 6.80. The molecule has 0 amide bonds. The van der Waals surface area contributed by atoms with Gasteiger partial charge in [-0.05, 0) is 49.3 Å². The second-order valence-electron chi connectivity index (χ2n) is 5.15. The summed E-state index contributed by atoms with van der Waals surface area (Å²) < 4.78 is 5.84. The third-order valence-corrected chi connectivity index (χ3v) is 3.96. The van der Waals surface area contributed by atoms with Crippen molar-refractivity contribution in [3.05, 3.63) is 27.8 Å². The lowest BCUT2D eigenvalue weighted by atomic mass is 9.98. The summed E-state index contributed by atoms with van der Waals surface area (Å²) in [4.78, 5) is 0. The number of ether oxygens (including phenoxy) is 1. The average Bonchev–Trinajstić information content (AvgIpc) is 3.16. The molecule has 0 heterocycles. The van der Waals surface area contributed by atoms with Gasteiger partial charge in [0, 0.05) is 12.6 Å². The van der Waals surface area contributed by atoms with Crippen LogP contribution in [0.3, 0.4) is 0 Å². The van der Waals surface area contributed by atoms with Crippen LogP contribution < -0.4 is 16.2 Å². The molecular weight excluding hydrogens is 248 g/mol. The van der Waals surface area contributed by atoms with E-state index in [2.05, 4.69) is 0 Å². The van der Waals surface area contributed by atoms with E-state index in [1.807, 2.05) is 19.9 Å². The van der Waals surface area contributed by atoms with Crippen LogP contribution in [0.1, 0.15) is 35.6 Å². The fourth-order valence-electron chi connectivity index (χ4n) is 2.05. The molecule has 18 heavy (non-hydrogen) atoms. The Bertz CT molecular complexity index is 444. The number of halogens is 1. The van der Waals surface area contributed by atoms with Crippen LogP contribution in [-0.2, 0) is 0 Å². The molecule has 1 aliphatic carbocycles. The van der Waals surface area contributed by atoms with Crippen LogP contribution >= 0.6 is 11.6 Å². The molecule has 0 radical (unpaired) electrons. The summed E-state index contributed by atoms with van der Waals surface area (Å²) in [5, 5.41) is 0.676. The van der Waals surface area contributed by atoms with E-state index < -0.39 is 0 Å². The molecule has 1 aliphatic rings. The van der Waals surface area contributed by atoms with Crippen molar-refractivity contribution in [3.63, 3.8) is 0 Å². The van der Waals surface area contributed by atoms with Gasteiger partial charge >= 0.3 is 0 Å². The highest BCUT2D eigenvalue weighted by Gasteiger charge is 2.23. The number of aryl methyl sites for hydroxylation is 1. The Morgan fingerprint density at radius 1 is 1.44 bits per heavy atom. The Balaban J connectivity index is 2.27. The van der Waals surface area contributed by atoms with E-state index in [-0.39, 0.29) is 6.04 Å². The summed E-state index contributed by atoms with van der Waals surface area (Å²) >= 11 is 6.39. The van der Waals surface area contributed by atoms with Gasteiger partial charge in [-0.3, -0.25) is 0 Å². The van der Waals surface area contributed by atoms with Gasteiger partial charge in [-0.25, -0.2) is 0 Å². The molecule has 4 N–H and O–H groups in total. The van der Waals surface area contributed by atoms with E-state index in [1.165, 1.54) is 12.8 Å². The lowest BCUT2D eigenvalue weighted by Crippen LogP contribution is -2.22. The van der Waals surface area contributed by atoms with Crippen molar-refractivity contribution < 1.29 is 4.74 Å². The van der Waals surface area contributed by atoms with Gasteiger partial charge in [0.15, 0.2) is 0 Å². The van der Waals surface area contributed by atoms with Crippen LogP contribution in [0.15, 0.2) is 6.07 Å². The van der Waals surface area contributed by atoms with E-state index in [0.717, 1.165) is 29.0 Å². The summed E-state index contributed by atoms with van der Waals surface area (Å²) in [5.74, 6) is 1.51. The fourth-order valence-corrected chi connectivity index (χ4v) is 2.36. The Kier molecular flexibility index (Phi) is 4.15. The number of benzene rings is 1. The van der Waals surface area contributed by atoms with Crippen LogP contribution in [0.5, 0.6) is 5.75 Å². The van der Waals surface area contributed by atoms with Gasteiger partial charge in [-0.1, -0.05) is 17.7 Å². The Labute approximate surface area is 113 Å². The molecule has 0 saturated heterocycles. The molecule has 2 rings (SSSR count). The summed E-state index contributed by atoms with van der Waals surface area (Å²) in [6.07, 6.45) is 2.54. The van der Waals surface area contributed by atoms with Crippen LogP contribution in [0, 0.1) is 19.8 Å². The summed E-state index contributed by atoms with van der Waals surface area (Å²) in [7, 11) is 0. The Morgan fingerprint density at radius 3 is 2.67 bits per heavy atom. The van der Waals surface area contributed by atoms with Crippen molar-refractivity contribution >= 4 is 11.6 Å². The minimum atomic E-state index is -0.168. The zero-order valence-corrected chi connectivity index (χ0v) is 11.8. The first-order chi connectivity index (χ1) is 8.54. The van der Waals surface area contributed by atoms with E-state index in [9.17, 15) is 0 Å². The largest absolute Gasteiger partial charge is 0.491 e. The molecule has 1 aromatic carbocycles. The molecule has 1 aromatic rings. The van der Waals surface area contributed by atoms with Gasteiger partial charge in [0.25, 0.3) is 0 Å². The number of rotatable bonds is 5. The standard InChI is InChI=1S/C14H21ClN2O/c1-8-5-11(12(17)6-16)9(2)13(15)14(8)18-7-10-3-4-10/h5,10,12H,3-4,6-7,16-17H2,1-2H3. The van der Waals surface area contributed by atoms with Gasteiger partial charge in [0.05, 0.1) is 11.6 Å². The Morgan fingerprint density at radius 2 is 2.11 bits per heavy atom. The third kappa shape index (κ3) is 2.79. The highest BCUT2D eigenvalue weighted by atomic mass is 35.5. The summed E-state index contributed by atoms with van der Waals surface area (Å²) in [6.45, 7) is 5.15. The van der Waals surface area contributed by atoms with Crippen LogP contribution in [0.4, 0.5) is 0 Å². The minimum Gasteiger partial charge on any atom is -0.491 e. The number of hydrogen-bond donors (Lipinski definition) is 2. The second-order valence-corrected chi connectivity index (χ2v) is 5.53. The average molecular weight is 269 g/mol. The SMILES string of the molecule is Cc1cc(C(N)CN)c(C)c(Cl)c1OCC1CC1. The number of nitrogens with two attached hydrogens (primary N) is 2. The smallest absolute Gasteiger partial charge is 0.141 e. The predicted molar refractivity (Wildman–Crippen MR) is 75.1 cm³/mol. The van der Waals surface area contributed by atoms with Gasteiger partial charge in [0.1, 0.15) is 5.75 Å². The van der Waals surface area contributed by atoms with Gasteiger partial charge in [-0.2, -0.15) is 0 Å². The van der Waals surface area contributed by atoms with Crippen molar-refractivity contribution in [1.82, 2.24) is 0 Å². The molecule has 1 atom stereocenters. The first kappa shape index (κ1) is 13.7. The molecule has 0 bridgehead atoms. The molecule has 0 aliphatic heterocycles. The summed E-state index contributed by atoms with van der Waals surface area (Å²) in [6, 6.07) is 1.87. The van der Waals surface area contributed by atoms with Crippen molar-refractivity contribution in [2.24, 2.45) is 17.4 Å². The van der Waals surface area contributed by atoms with Crippen molar-refractivity contribution in [1.29, 1.82) is 0 Å².